The number of carbonyl (C=O) groups excluding carboxylic acids is 2. The molecule has 166 valence electrons. The van der Waals surface area contributed by atoms with E-state index < -0.39 is 0 Å². The van der Waals surface area contributed by atoms with Crippen LogP contribution in [0.15, 0.2) is 64.2 Å². The fourth-order valence-electron chi connectivity index (χ4n) is 3.45. The van der Waals surface area contributed by atoms with Crippen LogP contribution in [0.1, 0.15) is 23.2 Å². The van der Waals surface area contributed by atoms with Gasteiger partial charge in [-0.15, -0.1) is 10.2 Å². The van der Waals surface area contributed by atoms with Crippen LogP contribution in [0, 0.1) is 0 Å². The Hall–Kier alpha value is -3.33. The maximum atomic E-state index is 12.6. The first-order chi connectivity index (χ1) is 15.6. The molecule has 9 heteroatoms. The lowest BCUT2D eigenvalue weighted by molar-refractivity contribution is -0.113. The number of piperazine rings is 1. The van der Waals surface area contributed by atoms with Crippen LogP contribution >= 0.6 is 11.8 Å². The molecule has 0 spiro atoms. The number of hydrogen-bond acceptors (Lipinski definition) is 7. The molecule has 0 saturated carbocycles. The van der Waals surface area contributed by atoms with Gasteiger partial charge in [0.2, 0.25) is 11.8 Å². The van der Waals surface area contributed by atoms with E-state index in [-0.39, 0.29) is 17.6 Å². The van der Waals surface area contributed by atoms with Crippen LogP contribution in [-0.4, -0.2) is 58.8 Å². The summed E-state index contributed by atoms with van der Waals surface area (Å²) in [4.78, 5) is 28.9. The highest BCUT2D eigenvalue weighted by molar-refractivity contribution is 7.99. The van der Waals surface area contributed by atoms with Crippen LogP contribution in [0.3, 0.4) is 0 Å². The maximum absolute atomic E-state index is 12.6. The molecule has 0 bridgehead atoms. The highest BCUT2D eigenvalue weighted by Crippen LogP contribution is 2.21. The summed E-state index contributed by atoms with van der Waals surface area (Å²) in [5, 5.41) is 11.1. The van der Waals surface area contributed by atoms with Gasteiger partial charge in [0, 0.05) is 49.5 Å². The Labute approximate surface area is 191 Å². The lowest BCUT2D eigenvalue weighted by Crippen LogP contribution is -2.48. The predicted molar refractivity (Wildman–Crippen MR) is 124 cm³/mol. The predicted octanol–water partition coefficient (Wildman–Crippen LogP) is 3.33. The van der Waals surface area contributed by atoms with Crippen molar-refractivity contribution in [1.82, 2.24) is 15.1 Å². The second-order valence-electron chi connectivity index (χ2n) is 7.34. The van der Waals surface area contributed by atoms with Gasteiger partial charge in [0.05, 0.1) is 5.75 Å². The second kappa shape index (κ2) is 10.3. The third-order valence-electron chi connectivity index (χ3n) is 5.18. The Morgan fingerprint density at radius 2 is 1.72 bits per heavy atom. The number of hydrogen-bond donors (Lipinski definition) is 1. The SMILES string of the molecule is CCc1nnc(SCC(=O)Nc2ccc(N3CCN(C(=O)c4ccccc4)CC3)cc2)o1. The fourth-order valence-corrected chi connectivity index (χ4v) is 4.03. The molecular formula is C23H25N5O3S. The van der Waals surface area contributed by atoms with Gasteiger partial charge in [0.25, 0.3) is 11.1 Å². The van der Waals surface area contributed by atoms with Gasteiger partial charge in [-0.3, -0.25) is 9.59 Å². The number of aryl methyl sites for hydroxylation is 1. The van der Waals surface area contributed by atoms with Gasteiger partial charge in [-0.05, 0) is 36.4 Å². The summed E-state index contributed by atoms with van der Waals surface area (Å²) >= 11 is 1.22. The molecule has 2 heterocycles. The molecule has 8 nitrogen and oxygen atoms in total. The van der Waals surface area contributed by atoms with Gasteiger partial charge in [-0.25, -0.2) is 0 Å². The van der Waals surface area contributed by atoms with Crippen LogP contribution in [0.25, 0.3) is 0 Å². The van der Waals surface area contributed by atoms with Crippen molar-refractivity contribution in [1.29, 1.82) is 0 Å². The number of amides is 2. The van der Waals surface area contributed by atoms with Crippen LogP contribution < -0.4 is 10.2 Å². The monoisotopic (exact) mass is 451 g/mol. The molecule has 0 aliphatic carbocycles. The van der Waals surface area contributed by atoms with Gasteiger partial charge in [0.15, 0.2) is 0 Å². The molecule has 1 aliphatic rings. The zero-order valence-corrected chi connectivity index (χ0v) is 18.7. The summed E-state index contributed by atoms with van der Waals surface area (Å²) in [6.07, 6.45) is 0.671. The van der Waals surface area contributed by atoms with E-state index in [4.69, 9.17) is 4.42 Å². The van der Waals surface area contributed by atoms with Crippen LogP contribution in [0.2, 0.25) is 0 Å². The molecule has 2 aromatic carbocycles. The Kier molecular flexibility index (Phi) is 7.06. The van der Waals surface area contributed by atoms with E-state index in [0.29, 0.717) is 30.6 Å². The molecular weight excluding hydrogens is 426 g/mol. The smallest absolute Gasteiger partial charge is 0.277 e. The third-order valence-corrected chi connectivity index (χ3v) is 6.00. The van der Waals surface area contributed by atoms with Gasteiger partial charge in [0.1, 0.15) is 0 Å². The van der Waals surface area contributed by atoms with Crippen molar-refractivity contribution < 1.29 is 14.0 Å². The largest absolute Gasteiger partial charge is 0.416 e. The second-order valence-corrected chi connectivity index (χ2v) is 8.27. The van der Waals surface area contributed by atoms with E-state index >= 15 is 0 Å². The number of carbonyl (C=O) groups is 2. The number of nitrogens with zero attached hydrogens (tertiary/aromatic N) is 4. The molecule has 2 amide bonds. The molecule has 1 N–H and O–H groups in total. The molecule has 3 aromatic rings. The van der Waals surface area contributed by atoms with Crippen LogP contribution in [0.4, 0.5) is 11.4 Å². The minimum absolute atomic E-state index is 0.0765. The van der Waals surface area contributed by atoms with Gasteiger partial charge in [-0.2, -0.15) is 0 Å². The Morgan fingerprint density at radius 3 is 2.38 bits per heavy atom. The van der Waals surface area contributed by atoms with Crippen molar-refractivity contribution in [3.63, 3.8) is 0 Å². The zero-order chi connectivity index (χ0) is 22.3. The average Bonchev–Trinajstić information content (AvgIpc) is 3.32. The minimum atomic E-state index is -0.132. The summed E-state index contributed by atoms with van der Waals surface area (Å²) < 4.78 is 5.39. The molecule has 4 rings (SSSR count). The highest BCUT2D eigenvalue weighted by Gasteiger charge is 2.22. The average molecular weight is 452 g/mol. The Morgan fingerprint density at radius 1 is 1.00 bits per heavy atom. The molecule has 1 aliphatic heterocycles. The summed E-state index contributed by atoms with van der Waals surface area (Å²) in [7, 11) is 0. The van der Waals surface area contributed by atoms with Crippen LogP contribution in [-0.2, 0) is 11.2 Å². The maximum Gasteiger partial charge on any atom is 0.277 e. The summed E-state index contributed by atoms with van der Waals surface area (Å²) in [6.45, 7) is 4.83. The van der Waals surface area contributed by atoms with E-state index in [9.17, 15) is 9.59 Å². The molecule has 0 unspecified atom stereocenters. The first-order valence-corrected chi connectivity index (χ1v) is 11.6. The number of nitrogens with one attached hydrogen (secondary N) is 1. The van der Waals surface area contributed by atoms with Crippen molar-refractivity contribution in [2.24, 2.45) is 0 Å². The summed E-state index contributed by atoms with van der Waals surface area (Å²) in [5.74, 6) is 0.707. The normalized spacial score (nSPS) is 13.8. The summed E-state index contributed by atoms with van der Waals surface area (Å²) in [6, 6.07) is 17.1. The number of aromatic nitrogens is 2. The lowest BCUT2D eigenvalue weighted by atomic mass is 10.1. The van der Waals surface area contributed by atoms with Crippen molar-refractivity contribution in [3.05, 3.63) is 66.1 Å². The molecule has 1 saturated heterocycles. The van der Waals surface area contributed by atoms with Crippen molar-refractivity contribution in [2.45, 2.75) is 18.6 Å². The lowest BCUT2D eigenvalue weighted by Gasteiger charge is -2.36. The Bertz CT molecular complexity index is 1050. The van der Waals surface area contributed by atoms with Gasteiger partial charge in [-0.1, -0.05) is 36.9 Å². The minimum Gasteiger partial charge on any atom is -0.416 e. The molecule has 1 aromatic heterocycles. The van der Waals surface area contributed by atoms with E-state index in [0.717, 1.165) is 30.0 Å². The van der Waals surface area contributed by atoms with Crippen molar-refractivity contribution in [3.8, 4) is 0 Å². The van der Waals surface area contributed by atoms with E-state index in [2.05, 4.69) is 20.4 Å². The Balaban J connectivity index is 1.25. The summed E-state index contributed by atoms with van der Waals surface area (Å²) in [5.41, 5.74) is 2.53. The van der Waals surface area contributed by atoms with E-state index in [1.807, 2.05) is 66.4 Å². The van der Waals surface area contributed by atoms with Crippen molar-refractivity contribution in [2.75, 3.05) is 42.1 Å². The number of anilines is 2. The first-order valence-electron chi connectivity index (χ1n) is 10.6. The zero-order valence-electron chi connectivity index (χ0n) is 17.9. The van der Waals surface area contributed by atoms with Gasteiger partial charge >= 0.3 is 0 Å². The quantitative estimate of drug-likeness (QED) is 0.551. The van der Waals surface area contributed by atoms with Crippen LogP contribution in [0.5, 0.6) is 0 Å². The first kappa shape index (κ1) is 21.9. The fraction of sp³-hybridized carbons (Fsp3) is 0.304. The third kappa shape index (κ3) is 5.47. The highest BCUT2D eigenvalue weighted by atomic mass is 32.2. The van der Waals surface area contributed by atoms with E-state index in [1.165, 1.54) is 11.8 Å². The van der Waals surface area contributed by atoms with Crippen molar-refractivity contribution >= 4 is 35.0 Å². The molecule has 32 heavy (non-hydrogen) atoms. The number of rotatable bonds is 7. The topological polar surface area (TPSA) is 91.6 Å². The molecule has 1 fully saturated rings. The molecule has 0 radical (unpaired) electrons. The van der Waals surface area contributed by atoms with Gasteiger partial charge < -0.3 is 19.5 Å². The molecule has 0 atom stereocenters. The van der Waals surface area contributed by atoms with E-state index in [1.54, 1.807) is 0 Å². The number of benzene rings is 2. The standard InChI is InChI=1S/C23H25N5O3S/c1-2-21-25-26-23(31-21)32-16-20(29)24-18-8-10-19(11-9-18)27-12-14-28(15-13-27)22(30)17-6-4-3-5-7-17/h3-11H,2,12-16H2,1H3,(H,24,29). The number of thioether (sulfide) groups is 1.